The first-order valence-electron chi connectivity index (χ1n) is 5.21. The van der Waals surface area contributed by atoms with Crippen LogP contribution in [0.5, 0.6) is 0 Å². The lowest BCUT2D eigenvalue weighted by atomic mass is 9.99. The van der Waals surface area contributed by atoms with Gasteiger partial charge in [-0.3, -0.25) is 0 Å². The molecule has 0 spiro atoms. The lowest BCUT2D eigenvalue weighted by molar-refractivity contribution is -0.352. The smallest absolute Gasteiger partial charge is 0.355 e. The third-order valence-electron chi connectivity index (χ3n) is 2.33. The maximum Gasteiger partial charge on any atom is 0.447 e. The van der Waals surface area contributed by atoms with E-state index in [2.05, 4.69) is 4.74 Å². The molecule has 0 radical (unpaired) electrons. The minimum absolute atomic E-state index is 0.0228. The summed E-state index contributed by atoms with van der Waals surface area (Å²) < 4.78 is 42.8. The molecule has 6 heteroatoms. The molecule has 0 saturated carbocycles. The summed E-state index contributed by atoms with van der Waals surface area (Å²) in [7, 11) is -1.81. The van der Waals surface area contributed by atoms with Gasteiger partial charge in [-0.2, -0.15) is 13.2 Å². The van der Waals surface area contributed by atoms with Gasteiger partial charge in [-0.1, -0.05) is 25.3 Å². The maximum absolute atomic E-state index is 12.8. The molecule has 0 bridgehead atoms. The Labute approximate surface area is 94.1 Å². The third-order valence-corrected chi connectivity index (χ3v) is 3.54. The minimum atomic E-state index is -4.76. The van der Waals surface area contributed by atoms with Crippen molar-refractivity contribution in [1.82, 2.24) is 0 Å². The number of aliphatic hydroxyl groups is 1. The second-order valence-corrected chi connectivity index (χ2v) is 10.2. The van der Waals surface area contributed by atoms with E-state index in [-0.39, 0.29) is 18.6 Å². The van der Waals surface area contributed by atoms with Crippen LogP contribution in [-0.4, -0.2) is 31.8 Å². The van der Waals surface area contributed by atoms with E-state index < -0.39 is 20.0 Å². The van der Waals surface area contributed by atoms with Crippen molar-refractivity contribution in [3.8, 4) is 0 Å². The average Bonchev–Trinajstić information content (AvgIpc) is 2.04. The van der Waals surface area contributed by atoms with Crippen LogP contribution in [0.3, 0.4) is 0 Å². The van der Waals surface area contributed by atoms with Gasteiger partial charge in [-0.25, -0.2) is 0 Å². The zero-order chi connectivity index (χ0) is 12.6. The molecule has 1 aliphatic heterocycles. The van der Waals surface area contributed by atoms with Crippen LogP contribution in [-0.2, 0) is 4.74 Å². The van der Waals surface area contributed by atoms with Crippen molar-refractivity contribution in [2.75, 3.05) is 6.61 Å². The van der Waals surface area contributed by atoms with Gasteiger partial charge in [0.2, 0.25) is 0 Å². The van der Waals surface area contributed by atoms with E-state index in [4.69, 9.17) is 0 Å². The molecule has 1 unspecified atom stereocenters. The number of halogens is 3. The summed E-state index contributed by atoms with van der Waals surface area (Å²) in [5.74, 6) is -3.06. The Hall–Kier alpha value is -0.333. The molecule has 0 aromatic heterocycles. The fourth-order valence-electron chi connectivity index (χ4n) is 1.70. The van der Waals surface area contributed by atoms with Crippen molar-refractivity contribution in [1.29, 1.82) is 0 Å². The Balaban J connectivity index is 3.10. The van der Waals surface area contributed by atoms with Crippen LogP contribution < -0.4 is 0 Å². The summed E-state index contributed by atoms with van der Waals surface area (Å²) in [6.45, 7) is 5.71. The van der Waals surface area contributed by atoms with E-state index in [9.17, 15) is 18.3 Å². The Morgan fingerprint density at radius 2 is 1.94 bits per heavy atom. The lowest BCUT2D eigenvalue weighted by Gasteiger charge is -2.37. The molecule has 1 saturated heterocycles. The highest BCUT2D eigenvalue weighted by Gasteiger charge is 2.58. The van der Waals surface area contributed by atoms with Crippen LogP contribution in [0.25, 0.3) is 0 Å². The lowest BCUT2D eigenvalue weighted by Crippen LogP contribution is -2.52. The van der Waals surface area contributed by atoms with Crippen molar-refractivity contribution in [2.24, 2.45) is 0 Å². The summed E-state index contributed by atoms with van der Waals surface area (Å²) in [4.78, 5) is 0. The van der Waals surface area contributed by atoms with Gasteiger partial charge in [0, 0.05) is 0 Å². The summed E-state index contributed by atoms with van der Waals surface area (Å²) >= 11 is 0. The molecule has 1 aliphatic rings. The highest BCUT2D eigenvalue weighted by molar-refractivity contribution is 6.81. The average molecular weight is 254 g/mol. The van der Waals surface area contributed by atoms with Crippen molar-refractivity contribution in [3.05, 3.63) is 11.3 Å². The third kappa shape index (κ3) is 2.86. The number of alkyl halides is 3. The van der Waals surface area contributed by atoms with Crippen LogP contribution in [0.4, 0.5) is 13.2 Å². The highest BCUT2D eigenvalue weighted by atomic mass is 28.3. The van der Waals surface area contributed by atoms with Crippen LogP contribution >= 0.6 is 0 Å². The van der Waals surface area contributed by atoms with Crippen molar-refractivity contribution in [2.45, 2.75) is 44.4 Å². The van der Waals surface area contributed by atoms with E-state index in [1.165, 1.54) is 0 Å². The molecule has 0 aliphatic carbocycles. The molecular formula is C10H17F3O2Si. The molecule has 94 valence electrons. The SMILES string of the molecule is C[Si](C)(C)C=C1CCCOC1(O)C(F)(F)F. The number of ether oxygens (including phenoxy) is 1. The normalized spacial score (nSPS) is 30.8. The summed E-state index contributed by atoms with van der Waals surface area (Å²) in [5.41, 5.74) is 1.56. The number of hydrogen-bond acceptors (Lipinski definition) is 2. The van der Waals surface area contributed by atoms with Crippen LogP contribution in [0.15, 0.2) is 11.3 Å². The summed E-state index contributed by atoms with van der Waals surface area (Å²) in [6.07, 6.45) is -3.99. The molecule has 1 heterocycles. The van der Waals surface area contributed by atoms with Gasteiger partial charge < -0.3 is 9.84 Å². The molecule has 0 amide bonds. The predicted molar refractivity (Wildman–Crippen MR) is 57.6 cm³/mol. The zero-order valence-electron chi connectivity index (χ0n) is 9.69. The van der Waals surface area contributed by atoms with Gasteiger partial charge in [-0.05, 0) is 18.4 Å². The minimum Gasteiger partial charge on any atom is -0.355 e. The fraction of sp³-hybridized carbons (Fsp3) is 0.800. The topological polar surface area (TPSA) is 29.5 Å². The Morgan fingerprint density at radius 1 is 1.38 bits per heavy atom. The number of rotatable bonds is 1. The van der Waals surface area contributed by atoms with Crippen LogP contribution in [0, 0.1) is 0 Å². The quantitative estimate of drug-likeness (QED) is 0.729. The van der Waals surface area contributed by atoms with Crippen molar-refractivity contribution in [3.63, 3.8) is 0 Å². The number of hydrogen-bond donors (Lipinski definition) is 1. The van der Waals surface area contributed by atoms with E-state index in [0.717, 1.165) is 0 Å². The second kappa shape index (κ2) is 4.16. The van der Waals surface area contributed by atoms with Crippen molar-refractivity contribution >= 4 is 8.07 Å². The molecule has 1 atom stereocenters. The molecule has 0 aromatic carbocycles. The standard InChI is InChI=1S/C10H17F3O2Si/c1-16(2,3)7-8-5-4-6-15-9(8,14)10(11,12)13/h7,14H,4-6H2,1-3H3. The van der Waals surface area contributed by atoms with Gasteiger partial charge in [0.1, 0.15) is 0 Å². The first-order chi connectivity index (χ1) is 7.06. The second-order valence-electron chi connectivity index (χ2n) is 5.13. The van der Waals surface area contributed by atoms with E-state index in [1.807, 2.05) is 19.6 Å². The first kappa shape index (κ1) is 13.7. The summed E-state index contributed by atoms with van der Waals surface area (Å²) in [5, 5.41) is 9.64. The van der Waals surface area contributed by atoms with Gasteiger partial charge in [-0.15, -0.1) is 0 Å². The molecular weight excluding hydrogens is 237 g/mol. The molecule has 1 fully saturated rings. The van der Waals surface area contributed by atoms with Crippen LogP contribution in [0.2, 0.25) is 19.6 Å². The Morgan fingerprint density at radius 3 is 2.38 bits per heavy atom. The van der Waals surface area contributed by atoms with Gasteiger partial charge in [0.15, 0.2) is 0 Å². The molecule has 0 aromatic rings. The molecule has 1 rings (SSSR count). The molecule has 2 nitrogen and oxygen atoms in total. The van der Waals surface area contributed by atoms with E-state index in [1.54, 1.807) is 5.70 Å². The van der Waals surface area contributed by atoms with Gasteiger partial charge in [0.05, 0.1) is 14.7 Å². The van der Waals surface area contributed by atoms with E-state index in [0.29, 0.717) is 6.42 Å². The van der Waals surface area contributed by atoms with Gasteiger partial charge in [0.25, 0.3) is 5.79 Å². The molecule has 1 N–H and O–H groups in total. The predicted octanol–water partition coefficient (Wildman–Crippen LogP) is 2.85. The zero-order valence-corrected chi connectivity index (χ0v) is 10.7. The maximum atomic E-state index is 12.8. The highest BCUT2D eigenvalue weighted by Crippen LogP contribution is 2.42. The molecule has 16 heavy (non-hydrogen) atoms. The Bertz CT molecular complexity index is 293. The Kier molecular flexibility index (Phi) is 3.57. The van der Waals surface area contributed by atoms with Crippen molar-refractivity contribution < 1.29 is 23.0 Å². The van der Waals surface area contributed by atoms with Crippen LogP contribution in [0.1, 0.15) is 12.8 Å². The fourth-order valence-corrected chi connectivity index (χ4v) is 3.09. The largest absolute Gasteiger partial charge is 0.447 e. The summed E-state index contributed by atoms with van der Waals surface area (Å²) in [6, 6.07) is 0. The van der Waals surface area contributed by atoms with Gasteiger partial charge >= 0.3 is 6.18 Å². The van der Waals surface area contributed by atoms with E-state index >= 15 is 0 Å². The monoisotopic (exact) mass is 254 g/mol. The first-order valence-corrected chi connectivity index (χ1v) is 8.79.